The molecule has 1 heteroatoms. The number of nitrogens with zero attached hydrogens (tertiary/aromatic N) is 1. The number of hydrogen-bond acceptors (Lipinski definition) is 1. The van der Waals surface area contributed by atoms with Crippen LogP contribution in [0.3, 0.4) is 0 Å². The van der Waals surface area contributed by atoms with Gasteiger partial charge < -0.3 is 4.90 Å². The molecule has 1 aliphatic rings. The molecule has 0 spiro atoms. The number of hydrogen-bond donors (Lipinski definition) is 0. The molecule has 12 rings (SSSR count). The van der Waals surface area contributed by atoms with E-state index in [1.807, 2.05) is 0 Å². The number of fused-ring (bicyclic) bond motifs is 7. The Labute approximate surface area is 343 Å². The van der Waals surface area contributed by atoms with Crippen LogP contribution in [0.15, 0.2) is 224 Å². The van der Waals surface area contributed by atoms with E-state index in [1.54, 1.807) is 0 Å². The Morgan fingerprint density at radius 3 is 1.49 bits per heavy atom. The van der Waals surface area contributed by atoms with Crippen LogP contribution < -0.4 is 4.90 Å². The molecule has 0 amide bonds. The van der Waals surface area contributed by atoms with E-state index in [-0.39, 0.29) is 0 Å². The maximum Gasteiger partial charge on any atom is 0.0467 e. The summed E-state index contributed by atoms with van der Waals surface area (Å²) < 4.78 is 0. The van der Waals surface area contributed by atoms with Gasteiger partial charge in [0, 0.05) is 17.1 Å². The summed E-state index contributed by atoms with van der Waals surface area (Å²) in [5, 5.41) is 10.2. The minimum Gasteiger partial charge on any atom is -0.310 e. The van der Waals surface area contributed by atoms with Crippen molar-refractivity contribution in [2.24, 2.45) is 0 Å². The Hall–Kier alpha value is -7.74. The molecule has 11 aromatic rings. The molecule has 1 aliphatic carbocycles. The molecule has 0 saturated carbocycles. The Morgan fingerprint density at radius 2 is 0.729 bits per heavy atom. The standard InChI is InChI=1S/C58H37N/c1-3-16-50-39(9-1)11-6-18-51(50)41-27-32-48(33-28-41)59(49-15-5-14-44(35-49)46-24-23-42-22-21-40-10-2-4-17-52(40)56(42)36-46)47-30-25-38(26-31-47)45-29-34-53-54-19-7-12-43-13-8-20-55(58(43)54)57(53)37-45/h1-37H. The van der Waals surface area contributed by atoms with Crippen LogP contribution in [0.1, 0.15) is 0 Å². The van der Waals surface area contributed by atoms with E-state index in [4.69, 9.17) is 0 Å². The lowest BCUT2D eigenvalue weighted by Gasteiger charge is -2.26. The van der Waals surface area contributed by atoms with Gasteiger partial charge in [-0.3, -0.25) is 0 Å². The Kier molecular flexibility index (Phi) is 7.61. The molecule has 0 fully saturated rings. The van der Waals surface area contributed by atoms with Gasteiger partial charge in [0.15, 0.2) is 0 Å². The fourth-order valence-corrected chi connectivity index (χ4v) is 9.49. The summed E-state index contributed by atoms with van der Waals surface area (Å²) in [6.45, 7) is 0. The van der Waals surface area contributed by atoms with Crippen LogP contribution in [-0.2, 0) is 0 Å². The van der Waals surface area contributed by atoms with Crippen molar-refractivity contribution in [2.75, 3.05) is 4.90 Å². The van der Waals surface area contributed by atoms with Gasteiger partial charge >= 0.3 is 0 Å². The molecular weight excluding hydrogens is 711 g/mol. The van der Waals surface area contributed by atoms with E-state index < -0.39 is 0 Å². The molecule has 0 atom stereocenters. The molecule has 1 nitrogen and oxygen atoms in total. The van der Waals surface area contributed by atoms with Crippen molar-refractivity contribution in [1.82, 2.24) is 0 Å². The summed E-state index contributed by atoms with van der Waals surface area (Å²) in [7, 11) is 0. The van der Waals surface area contributed by atoms with Crippen LogP contribution in [0, 0.1) is 0 Å². The first-order valence-electron chi connectivity index (χ1n) is 20.4. The molecule has 0 unspecified atom stereocenters. The van der Waals surface area contributed by atoms with Crippen LogP contribution in [0.2, 0.25) is 0 Å². The van der Waals surface area contributed by atoms with Crippen molar-refractivity contribution >= 4 is 60.2 Å². The molecule has 11 aromatic carbocycles. The monoisotopic (exact) mass is 747 g/mol. The average Bonchev–Trinajstić information content (AvgIpc) is 3.63. The van der Waals surface area contributed by atoms with Gasteiger partial charge in [-0.25, -0.2) is 0 Å². The van der Waals surface area contributed by atoms with Gasteiger partial charge in [0.2, 0.25) is 0 Å². The number of anilines is 3. The largest absolute Gasteiger partial charge is 0.310 e. The van der Waals surface area contributed by atoms with Crippen molar-refractivity contribution in [3.05, 3.63) is 224 Å². The summed E-state index contributed by atoms with van der Waals surface area (Å²) in [4.78, 5) is 2.39. The highest BCUT2D eigenvalue weighted by Gasteiger charge is 2.22. The van der Waals surface area contributed by atoms with E-state index in [9.17, 15) is 0 Å². The van der Waals surface area contributed by atoms with Gasteiger partial charge in [-0.05, 0) is 147 Å². The quantitative estimate of drug-likeness (QED) is 0.153. The summed E-state index contributed by atoms with van der Waals surface area (Å²) in [5.74, 6) is 0. The first-order valence-corrected chi connectivity index (χ1v) is 20.4. The molecule has 0 heterocycles. The van der Waals surface area contributed by atoms with Crippen molar-refractivity contribution in [3.8, 4) is 55.6 Å². The predicted molar refractivity (Wildman–Crippen MR) is 252 cm³/mol. The number of benzene rings is 11. The fourth-order valence-electron chi connectivity index (χ4n) is 9.49. The maximum atomic E-state index is 2.39. The molecule has 0 saturated heterocycles. The highest BCUT2D eigenvalue weighted by atomic mass is 15.1. The third-order valence-electron chi connectivity index (χ3n) is 12.4. The fraction of sp³-hybridized carbons (Fsp3) is 0. The van der Waals surface area contributed by atoms with Crippen molar-refractivity contribution in [1.29, 1.82) is 0 Å². The van der Waals surface area contributed by atoms with Crippen molar-refractivity contribution < 1.29 is 0 Å². The zero-order valence-corrected chi connectivity index (χ0v) is 32.3. The second-order valence-electron chi connectivity index (χ2n) is 15.7. The average molecular weight is 748 g/mol. The first-order chi connectivity index (χ1) is 29.2. The van der Waals surface area contributed by atoms with Gasteiger partial charge in [-0.1, -0.05) is 176 Å². The Balaban J connectivity index is 0.954. The van der Waals surface area contributed by atoms with Crippen LogP contribution in [0.4, 0.5) is 17.1 Å². The molecule has 0 aromatic heterocycles. The van der Waals surface area contributed by atoms with Gasteiger partial charge in [0.1, 0.15) is 0 Å². The van der Waals surface area contributed by atoms with Crippen LogP contribution in [0.5, 0.6) is 0 Å². The Morgan fingerprint density at radius 1 is 0.220 bits per heavy atom. The van der Waals surface area contributed by atoms with Gasteiger partial charge in [-0.15, -0.1) is 0 Å². The molecule has 59 heavy (non-hydrogen) atoms. The number of rotatable bonds is 6. The third kappa shape index (κ3) is 5.55. The molecular formula is C58H37N. The lowest BCUT2D eigenvalue weighted by atomic mass is 9.96. The SMILES string of the molecule is c1cc(-c2ccc3ccc4ccccc4c3c2)cc(N(c2ccc(-c3ccc4c(c3)-c3cccc5cccc-4c35)cc2)c2ccc(-c3cccc4ccccc34)cc2)c1. The highest BCUT2D eigenvalue weighted by Crippen LogP contribution is 2.48. The topological polar surface area (TPSA) is 3.24 Å². The lowest BCUT2D eigenvalue weighted by molar-refractivity contribution is 1.28. The lowest BCUT2D eigenvalue weighted by Crippen LogP contribution is -2.10. The molecule has 274 valence electrons. The minimum atomic E-state index is 1.10. The third-order valence-corrected chi connectivity index (χ3v) is 12.4. The van der Waals surface area contributed by atoms with Gasteiger partial charge in [0.25, 0.3) is 0 Å². The van der Waals surface area contributed by atoms with E-state index in [2.05, 4.69) is 229 Å². The van der Waals surface area contributed by atoms with Crippen LogP contribution >= 0.6 is 0 Å². The van der Waals surface area contributed by atoms with E-state index in [0.717, 1.165) is 17.1 Å². The van der Waals surface area contributed by atoms with Crippen LogP contribution in [-0.4, -0.2) is 0 Å². The van der Waals surface area contributed by atoms with E-state index in [0.29, 0.717) is 0 Å². The second kappa shape index (κ2) is 13.4. The maximum absolute atomic E-state index is 2.39. The first kappa shape index (κ1) is 33.4. The van der Waals surface area contributed by atoms with Crippen LogP contribution in [0.25, 0.3) is 98.7 Å². The normalized spacial score (nSPS) is 11.7. The smallest absolute Gasteiger partial charge is 0.0467 e. The molecule has 0 aliphatic heterocycles. The second-order valence-corrected chi connectivity index (χ2v) is 15.7. The molecule has 0 N–H and O–H groups in total. The highest BCUT2D eigenvalue weighted by molar-refractivity contribution is 6.15. The Bertz CT molecular complexity index is 3420. The summed E-state index contributed by atoms with van der Waals surface area (Å²) in [5.41, 5.74) is 15.8. The van der Waals surface area contributed by atoms with Crippen molar-refractivity contribution in [2.45, 2.75) is 0 Å². The van der Waals surface area contributed by atoms with Gasteiger partial charge in [-0.2, -0.15) is 0 Å². The molecule has 0 radical (unpaired) electrons. The zero-order valence-electron chi connectivity index (χ0n) is 32.3. The van der Waals surface area contributed by atoms with E-state index in [1.165, 1.54) is 98.7 Å². The summed E-state index contributed by atoms with van der Waals surface area (Å²) in [6.07, 6.45) is 0. The minimum absolute atomic E-state index is 1.10. The summed E-state index contributed by atoms with van der Waals surface area (Å²) in [6, 6.07) is 82.6. The zero-order chi connectivity index (χ0) is 38.9. The van der Waals surface area contributed by atoms with Gasteiger partial charge in [0.05, 0.1) is 0 Å². The predicted octanol–water partition coefficient (Wildman–Crippen LogP) is 16.4. The summed E-state index contributed by atoms with van der Waals surface area (Å²) >= 11 is 0. The van der Waals surface area contributed by atoms with Crippen molar-refractivity contribution in [3.63, 3.8) is 0 Å². The van der Waals surface area contributed by atoms with E-state index >= 15 is 0 Å². The molecule has 0 bridgehead atoms.